The number of methoxy groups -OCH3 is 1. The summed E-state index contributed by atoms with van der Waals surface area (Å²) >= 11 is 0. The Morgan fingerprint density at radius 1 is 1.53 bits per heavy atom. The predicted octanol–water partition coefficient (Wildman–Crippen LogP) is 0.871. The molecule has 1 atom stereocenters. The molecule has 2 N–H and O–H groups in total. The van der Waals surface area contributed by atoms with Crippen molar-refractivity contribution < 1.29 is 24.5 Å². The molecule has 80 valence electrons. The third-order valence-corrected chi connectivity index (χ3v) is 2.45. The fraction of sp³-hybridized carbons (Fsp3) is 0.300. The molecule has 1 aromatic carbocycles. The summed E-state index contributed by atoms with van der Waals surface area (Å²) in [4.78, 5) is 11.4. The summed E-state index contributed by atoms with van der Waals surface area (Å²) in [6.45, 7) is 1.66. The van der Waals surface area contributed by atoms with Crippen LogP contribution in [0.1, 0.15) is 27.8 Å². The van der Waals surface area contributed by atoms with Crippen LogP contribution in [-0.4, -0.2) is 23.3 Å². The summed E-state index contributed by atoms with van der Waals surface area (Å²) in [7, 11) is 1.44. The van der Waals surface area contributed by atoms with Gasteiger partial charge in [-0.15, -0.1) is 0 Å². The van der Waals surface area contributed by atoms with Crippen molar-refractivity contribution in [3.8, 4) is 11.5 Å². The molecule has 1 aliphatic heterocycles. The molecule has 1 heterocycles. The van der Waals surface area contributed by atoms with Crippen molar-refractivity contribution in [2.75, 3.05) is 7.11 Å². The highest BCUT2D eigenvalue weighted by molar-refractivity contribution is 5.97. The topological polar surface area (TPSA) is 76.0 Å². The average molecular weight is 210 g/mol. The first-order valence-electron chi connectivity index (χ1n) is 4.35. The van der Waals surface area contributed by atoms with Crippen LogP contribution in [0.15, 0.2) is 6.07 Å². The third-order valence-electron chi connectivity index (χ3n) is 2.45. The number of phenols is 1. The third kappa shape index (κ3) is 1.24. The molecular weight excluding hydrogens is 200 g/mol. The number of hydrogen-bond acceptors (Lipinski definition) is 5. The van der Waals surface area contributed by atoms with Crippen LogP contribution in [0.3, 0.4) is 0 Å². The molecular formula is C10H10O5. The quantitative estimate of drug-likeness (QED) is 0.672. The van der Waals surface area contributed by atoms with Gasteiger partial charge in [0.15, 0.2) is 0 Å². The maximum absolute atomic E-state index is 11.4. The number of esters is 1. The van der Waals surface area contributed by atoms with Gasteiger partial charge in [-0.25, -0.2) is 4.79 Å². The Bertz CT molecular complexity index is 438. The van der Waals surface area contributed by atoms with Crippen molar-refractivity contribution >= 4 is 5.97 Å². The van der Waals surface area contributed by atoms with Crippen LogP contribution in [0.4, 0.5) is 0 Å². The molecule has 2 rings (SSSR count). The zero-order valence-corrected chi connectivity index (χ0v) is 8.27. The molecule has 5 heteroatoms. The van der Waals surface area contributed by atoms with Crippen LogP contribution >= 0.6 is 0 Å². The van der Waals surface area contributed by atoms with Crippen LogP contribution in [-0.2, 0) is 4.74 Å². The molecule has 0 fully saturated rings. The van der Waals surface area contributed by atoms with E-state index in [1.54, 1.807) is 6.92 Å². The van der Waals surface area contributed by atoms with E-state index < -0.39 is 12.3 Å². The number of carbonyl (C=O) groups excluding carboxylic acids is 1. The number of hydrogen-bond donors (Lipinski definition) is 2. The van der Waals surface area contributed by atoms with Crippen molar-refractivity contribution in [3.05, 3.63) is 22.8 Å². The first-order valence-corrected chi connectivity index (χ1v) is 4.35. The molecule has 0 bridgehead atoms. The van der Waals surface area contributed by atoms with Gasteiger partial charge < -0.3 is 19.7 Å². The Morgan fingerprint density at radius 3 is 2.80 bits per heavy atom. The van der Waals surface area contributed by atoms with E-state index in [2.05, 4.69) is 4.74 Å². The van der Waals surface area contributed by atoms with Crippen LogP contribution in [0.2, 0.25) is 0 Å². The number of fused-ring (bicyclic) bond motifs is 1. The van der Waals surface area contributed by atoms with Gasteiger partial charge >= 0.3 is 5.97 Å². The fourth-order valence-corrected chi connectivity index (χ4v) is 1.71. The number of benzene rings is 1. The van der Waals surface area contributed by atoms with Crippen molar-refractivity contribution in [2.24, 2.45) is 0 Å². The van der Waals surface area contributed by atoms with Crippen LogP contribution < -0.4 is 4.74 Å². The molecule has 0 spiro atoms. The van der Waals surface area contributed by atoms with Gasteiger partial charge in [-0.3, -0.25) is 0 Å². The lowest BCUT2D eigenvalue weighted by Crippen LogP contribution is -1.99. The number of aromatic hydroxyl groups is 1. The average Bonchev–Trinajstić information content (AvgIpc) is 2.48. The van der Waals surface area contributed by atoms with Crippen molar-refractivity contribution in [2.45, 2.75) is 13.2 Å². The number of cyclic esters (lactones) is 1. The number of aliphatic hydroxyl groups excluding tert-OH is 1. The van der Waals surface area contributed by atoms with Crippen molar-refractivity contribution in [1.29, 1.82) is 0 Å². The highest BCUT2D eigenvalue weighted by Gasteiger charge is 2.35. The maximum Gasteiger partial charge on any atom is 0.341 e. The SMILES string of the molecule is COc1cc(O)c2c(c1C)C(=O)OC2O. The minimum Gasteiger partial charge on any atom is -0.507 e. The molecule has 0 radical (unpaired) electrons. The Morgan fingerprint density at radius 2 is 2.20 bits per heavy atom. The van der Waals surface area contributed by atoms with E-state index in [9.17, 15) is 15.0 Å². The highest BCUT2D eigenvalue weighted by atomic mass is 16.6. The predicted molar refractivity (Wildman–Crippen MR) is 49.8 cm³/mol. The summed E-state index contributed by atoms with van der Waals surface area (Å²) < 4.78 is 9.58. The zero-order chi connectivity index (χ0) is 11.2. The fourth-order valence-electron chi connectivity index (χ4n) is 1.71. The summed E-state index contributed by atoms with van der Waals surface area (Å²) in [6.07, 6.45) is -1.39. The summed E-state index contributed by atoms with van der Waals surface area (Å²) in [5.41, 5.74) is 0.838. The minimum atomic E-state index is -1.39. The monoisotopic (exact) mass is 210 g/mol. The van der Waals surface area contributed by atoms with Gasteiger partial charge in [0.25, 0.3) is 0 Å². The van der Waals surface area contributed by atoms with Gasteiger partial charge in [0, 0.05) is 11.6 Å². The van der Waals surface area contributed by atoms with Gasteiger partial charge in [-0.05, 0) is 6.92 Å². The molecule has 15 heavy (non-hydrogen) atoms. The lowest BCUT2D eigenvalue weighted by atomic mass is 10.0. The van der Waals surface area contributed by atoms with Gasteiger partial charge in [-0.1, -0.05) is 0 Å². The number of aliphatic hydroxyl groups is 1. The lowest BCUT2D eigenvalue weighted by Gasteiger charge is -2.09. The first kappa shape index (κ1) is 9.79. The molecule has 0 aromatic heterocycles. The number of carbonyl (C=O) groups is 1. The molecule has 1 aliphatic rings. The Kier molecular flexibility index (Phi) is 2.04. The number of phenolic OH excluding ortho intramolecular Hbond substituents is 1. The second-order valence-corrected chi connectivity index (χ2v) is 3.27. The lowest BCUT2D eigenvalue weighted by molar-refractivity contribution is -0.0555. The highest BCUT2D eigenvalue weighted by Crippen LogP contribution is 2.41. The van der Waals surface area contributed by atoms with E-state index >= 15 is 0 Å². The number of rotatable bonds is 1. The van der Waals surface area contributed by atoms with E-state index in [0.717, 1.165) is 0 Å². The Labute approximate surface area is 85.9 Å². The van der Waals surface area contributed by atoms with E-state index in [1.165, 1.54) is 13.2 Å². The number of ether oxygens (including phenoxy) is 2. The molecule has 1 unspecified atom stereocenters. The molecule has 1 aromatic rings. The normalized spacial score (nSPS) is 18.6. The maximum atomic E-state index is 11.4. The second kappa shape index (κ2) is 3.13. The van der Waals surface area contributed by atoms with Gasteiger partial charge in [0.05, 0.1) is 18.2 Å². The van der Waals surface area contributed by atoms with Gasteiger partial charge in [0.2, 0.25) is 6.29 Å². The summed E-state index contributed by atoms with van der Waals surface area (Å²) in [6, 6.07) is 1.35. The standard InChI is InChI=1S/C10H10O5/c1-4-6(14-2)3-5(11)8-7(4)9(12)15-10(8)13/h3,10-11,13H,1-2H3. The zero-order valence-electron chi connectivity index (χ0n) is 8.27. The van der Waals surface area contributed by atoms with E-state index in [4.69, 9.17) is 4.74 Å². The smallest absolute Gasteiger partial charge is 0.341 e. The van der Waals surface area contributed by atoms with Crippen molar-refractivity contribution in [1.82, 2.24) is 0 Å². The molecule has 0 saturated heterocycles. The summed E-state index contributed by atoms with van der Waals surface area (Å²) in [5.74, 6) is -0.465. The molecule has 0 amide bonds. The molecule has 5 nitrogen and oxygen atoms in total. The van der Waals surface area contributed by atoms with E-state index in [1.807, 2.05) is 0 Å². The Balaban J connectivity index is 2.74. The second-order valence-electron chi connectivity index (χ2n) is 3.27. The van der Waals surface area contributed by atoms with Crippen LogP contribution in [0.5, 0.6) is 11.5 Å². The van der Waals surface area contributed by atoms with Gasteiger partial charge in [0.1, 0.15) is 11.5 Å². The summed E-state index contributed by atoms with van der Waals surface area (Å²) in [5, 5.41) is 19.0. The molecule has 0 aliphatic carbocycles. The van der Waals surface area contributed by atoms with E-state index in [-0.39, 0.29) is 16.9 Å². The van der Waals surface area contributed by atoms with Crippen molar-refractivity contribution in [3.63, 3.8) is 0 Å². The van der Waals surface area contributed by atoms with Crippen LogP contribution in [0.25, 0.3) is 0 Å². The minimum absolute atomic E-state index is 0.110. The van der Waals surface area contributed by atoms with E-state index in [0.29, 0.717) is 11.3 Å². The van der Waals surface area contributed by atoms with Crippen LogP contribution in [0, 0.1) is 6.92 Å². The van der Waals surface area contributed by atoms with Gasteiger partial charge in [-0.2, -0.15) is 0 Å². The first-order chi connectivity index (χ1) is 7.06. The molecule has 0 saturated carbocycles. The Hall–Kier alpha value is -1.75. The largest absolute Gasteiger partial charge is 0.507 e.